The van der Waals surface area contributed by atoms with Crippen molar-refractivity contribution in [2.24, 2.45) is 10.7 Å². The Morgan fingerprint density at radius 1 is 1.09 bits per heavy atom. The van der Waals surface area contributed by atoms with Crippen molar-refractivity contribution in [1.82, 2.24) is 23.8 Å². The first kappa shape index (κ1) is 33.4. The summed E-state index contributed by atoms with van der Waals surface area (Å²) < 4.78 is 34.6. The van der Waals surface area contributed by atoms with Gasteiger partial charge in [-0.2, -0.15) is 0 Å². The predicted octanol–water partition coefficient (Wildman–Crippen LogP) is 5.03. The average molecular weight is 665 g/mol. The third-order valence-corrected chi connectivity index (χ3v) is 10.1. The fourth-order valence-electron chi connectivity index (χ4n) is 5.90. The van der Waals surface area contributed by atoms with Gasteiger partial charge in [-0.3, -0.25) is 9.89 Å². The van der Waals surface area contributed by atoms with Crippen LogP contribution in [0.3, 0.4) is 0 Å². The summed E-state index contributed by atoms with van der Waals surface area (Å²) in [6, 6.07) is 13.9. The zero-order chi connectivity index (χ0) is 32.8. The van der Waals surface area contributed by atoms with Crippen molar-refractivity contribution >= 4 is 44.3 Å². The molecule has 11 nitrogen and oxygen atoms in total. The maximum Gasteiger partial charge on any atom is 0.271 e. The number of hydrogen-bond acceptors (Lipinski definition) is 10. The van der Waals surface area contributed by atoms with Crippen LogP contribution in [0.2, 0.25) is 5.15 Å². The van der Waals surface area contributed by atoms with Gasteiger partial charge in [-0.15, -0.1) is 0 Å². The molecular weight excluding hydrogens is 624 g/mol. The number of aryl methyl sites for hydroxylation is 3. The lowest BCUT2D eigenvalue weighted by molar-refractivity contribution is 0.132. The number of hydrogen-bond donors (Lipinski definition) is 2. The second-order valence-corrected chi connectivity index (χ2v) is 13.7. The van der Waals surface area contributed by atoms with Gasteiger partial charge in [0.1, 0.15) is 23.3 Å². The van der Waals surface area contributed by atoms with Crippen LogP contribution in [0.5, 0.6) is 0 Å². The second-order valence-electron chi connectivity index (χ2n) is 11.6. The van der Waals surface area contributed by atoms with E-state index in [1.807, 2.05) is 19.9 Å². The molecule has 46 heavy (non-hydrogen) atoms. The molecule has 4 N–H and O–H groups in total. The van der Waals surface area contributed by atoms with Crippen LogP contribution in [-0.4, -0.2) is 70.7 Å². The number of aliphatic imine (C=N–C) groups is 1. The lowest BCUT2D eigenvalue weighted by atomic mass is 10.1. The van der Waals surface area contributed by atoms with Crippen molar-refractivity contribution in [3.63, 3.8) is 0 Å². The fourth-order valence-corrected chi connectivity index (χ4v) is 7.54. The molecule has 0 spiro atoms. The van der Waals surface area contributed by atoms with Crippen molar-refractivity contribution in [1.29, 1.82) is 0 Å². The summed E-state index contributed by atoms with van der Waals surface area (Å²) >= 11 is 6.07. The molecule has 1 aliphatic rings. The topological polar surface area (TPSA) is 155 Å². The maximum atomic E-state index is 13.6. The van der Waals surface area contributed by atoms with Gasteiger partial charge in [-0.25, -0.2) is 27.3 Å². The van der Waals surface area contributed by atoms with E-state index in [1.165, 1.54) is 6.20 Å². The van der Waals surface area contributed by atoms with Crippen LogP contribution < -0.4 is 11.5 Å². The van der Waals surface area contributed by atoms with E-state index in [2.05, 4.69) is 24.8 Å². The molecular formula is C33H41ClN8O3S. The van der Waals surface area contributed by atoms with Gasteiger partial charge in [-0.1, -0.05) is 41.8 Å². The first-order valence-electron chi connectivity index (χ1n) is 15.5. The van der Waals surface area contributed by atoms with Gasteiger partial charge < -0.3 is 16.2 Å². The predicted molar refractivity (Wildman–Crippen MR) is 183 cm³/mol. The molecule has 3 heterocycles. The second kappa shape index (κ2) is 14.6. The number of fused-ring (bicyclic) bond motifs is 1. The Balaban J connectivity index is 1.23. The molecule has 13 heteroatoms. The van der Waals surface area contributed by atoms with E-state index in [0.717, 1.165) is 72.7 Å². The van der Waals surface area contributed by atoms with Gasteiger partial charge in [0.25, 0.3) is 10.0 Å². The summed E-state index contributed by atoms with van der Waals surface area (Å²) in [5, 5.41) is 0.493. The minimum Gasteiger partial charge on any atom is -0.488 e. The van der Waals surface area contributed by atoms with Gasteiger partial charge in [0, 0.05) is 37.0 Å². The van der Waals surface area contributed by atoms with Crippen LogP contribution in [0.15, 0.2) is 70.4 Å². The maximum absolute atomic E-state index is 13.6. The number of aromatic nitrogens is 4. The molecule has 2 aromatic heterocycles. The molecule has 1 saturated heterocycles. The molecule has 1 aliphatic heterocycles. The molecule has 1 atom stereocenters. The van der Waals surface area contributed by atoms with E-state index in [9.17, 15) is 8.42 Å². The summed E-state index contributed by atoms with van der Waals surface area (Å²) in [5.41, 5.74) is 16.0. The van der Waals surface area contributed by atoms with Crippen molar-refractivity contribution in [2.45, 2.75) is 63.3 Å². The van der Waals surface area contributed by atoms with Crippen LogP contribution in [-0.2, 0) is 21.2 Å². The Labute approximate surface area is 275 Å². The van der Waals surface area contributed by atoms with Gasteiger partial charge >= 0.3 is 0 Å². The molecule has 5 rings (SSSR count). The van der Waals surface area contributed by atoms with Gasteiger partial charge in [0.15, 0.2) is 5.76 Å². The van der Waals surface area contributed by atoms with Crippen LogP contribution in [0.1, 0.15) is 54.7 Å². The summed E-state index contributed by atoms with van der Waals surface area (Å²) in [6.45, 7) is 6.30. The molecule has 2 aromatic carbocycles. The molecule has 1 fully saturated rings. The SMILES string of the molecule is CN=C(/C(=C\N)OC[C@H]1CCCN1CCCCCc1nc(C)cc(Cl)n1)c1ccc2nc(N)n(S(=O)(=O)c3ccc(C)cc3)c2c1. The number of anilines is 1. The largest absolute Gasteiger partial charge is 0.488 e. The zero-order valence-corrected chi connectivity index (χ0v) is 28.1. The monoisotopic (exact) mass is 664 g/mol. The van der Waals surface area contributed by atoms with Crippen molar-refractivity contribution in [2.75, 3.05) is 32.5 Å². The van der Waals surface area contributed by atoms with E-state index in [-0.39, 0.29) is 16.9 Å². The van der Waals surface area contributed by atoms with Crippen molar-refractivity contribution < 1.29 is 13.2 Å². The quantitative estimate of drug-likeness (QED) is 0.0867. The average Bonchev–Trinajstić information content (AvgIpc) is 3.61. The Morgan fingerprint density at radius 2 is 1.87 bits per heavy atom. The number of allylic oxidation sites excluding steroid dienone is 1. The highest BCUT2D eigenvalue weighted by Gasteiger charge is 2.27. The van der Waals surface area contributed by atoms with Gasteiger partial charge in [0.05, 0.1) is 15.9 Å². The highest BCUT2D eigenvalue weighted by Crippen LogP contribution is 2.27. The first-order valence-corrected chi connectivity index (χ1v) is 17.3. The smallest absolute Gasteiger partial charge is 0.271 e. The molecule has 244 valence electrons. The number of nitrogen functional groups attached to an aromatic ring is 1. The normalized spacial score (nSPS) is 16.4. The Bertz CT molecular complexity index is 1830. The molecule has 4 aromatic rings. The summed E-state index contributed by atoms with van der Waals surface area (Å²) in [6.07, 6.45) is 7.51. The third kappa shape index (κ3) is 7.51. The molecule has 0 radical (unpaired) electrons. The number of rotatable bonds is 13. The van der Waals surface area contributed by atoms with Crippen LogP contribution in [0.25, 0.3) is 11.0 Å². The summed E-state index contributed by atoms with van der Waals surface area (Å²) in [7, 11) is -2.35. The summed E-state index contributed by atoms with van der Waals surface area (Å²) in [5.74, 6) is 1.10. The standard InChI is InChI=1S/C33H41ClN8O3S/c1-22-10-13-26(14-11-22)46(43,44)42-28-19-24(12-15-27(28)39-33(42)36)32(37-3)29(20-35)45-21-25-8-7-17-41(25)16-6-4-5-9-31-38-23(2)18-30(34)40-31/h10-15,18-20,25H,4-9,16-17,21,35H2,1-3H3,(H2,36,39)/b29-20+,37-32?/t25-/m1/s1. The van der Waals surface area contributed by atoms with Gasteiger partial charge in [0.2, 0.25) is 5.95 Å². The van der Waals surface area contributed by atoms with Crippen LogP contribution >= 0.6 is 11.6 Å². The number of nitrogens with two attached hydrogens (primary N) is 2. The number of halogens is 1. The molecule has 0 aliphatic carbocycles. The molecule has 0 unspecified atom stereocenters. The number of benzene rings is 2. The number of unbranched alkanes of at least 4 members (excludes halogenated alkanes) is 2. The third-order valence-electron chi connectivity index (χ3n) is 8.22. The number of likely N-dealkylation sites (tertiary alicyclic amines) is 1. The minimum atomic E-state index is -4.00. The first-order chi connectivity index (χ1) is 22.1. The van der Waals surface area contributed by atoms with Crippen LogP contribution in [0.4, 0.5) is 5.95 Å². The summed E-state index contributed by atoms with van der Waals surface area (Å²) in [4.78, 5) is 20.2. The minimum absolute atomic E-state index is 0.121. The zero-order valence-electron chi connectivity index (χ0n) is 26.5. The molecule has 0 saturated carbocycles. The molecule has 0 bridgehead atoms. The lowest BCUT2D eigenvalue weighted by Gasteiger charge is -2.25. The highest BCUT2D eigenvalue weighted by molar-refractivity contribution is 7.90. The van der Waals surface area contributed by atoms with E-state index in [0.29, 0.717) is 39.8 Å². The Hall–Kier alpha value is -4.00. The van der Waals surface area contributed by atoms with Crippen molar-refractivity contribution in [3.8, 4) is 0 Å². The molecule has 0 amide bonds. The van der Waals surface area contributed by atoms with Crippen molar-refractivity contribution in [3.05, 3.63) is 88.3 Å². The number of imidazole rings is 1. The number of nitrogens with zero attached hydrogens (tertiary/aromatic N) is 6. The lowest BCUT2D eigenvalue weighted by Crippen LogP contribution is -2.34. The van der Waals surface area contributed by atoms with Crippen LogP contribution in [0, 0.1) is 13.8 Å². The van der Waals surface area contributed by atoms with E-state index in [1.54, 1.807) is 49.5 Å². The van der Waals surface area contributed by atoms with E-state index >= 15 is 0 Å². The highest BCUT2D eigenvalue weighted by atomic mass is 35.5. The Morgan fingerprint density at radius 3 is 2.59 bits per heavy atom. The Kier molecular flexibility index (Phi) is 10.6. The van der Waals surface area contributed by atoms with E-state index in [4.69, 9.17) is 27.8 Å². The number of ether oxygens (including phenoxy) is 1. The van der Waals surface area contributed by atoms with Gasteiger partial charge in [-0.05, 0) is 83.0 Å². The van der Waals surface area contributed by atoms with E-state index < -0.39 is 10.0 Å². The fraction of sp³-hybridized carbons (Fsp3) is 0.394.